The molecular weight excluding hydrogens is 384 g/mol. The van der Waals surface area contributed by atoms with E-state index >= 15 is 0 Å². The fourth-order valence-corrected chi connectivity index (χ4v) is 4.97. The van der Waals surface area contributed by atoms with E-state index in [0.717, 1.165) is 38.9 Å². The first-order chi connectivity index (χ1) is 15.1. The first-order valence-corrected chi connectivity index (χ1v) is 10.5. The molecule has 4 nitrogen and oxygen atoms in total. The van der Waals surface area contributed by atoms with Gasteiger partial charge in [-0.2, -0.15) is 0 Å². The number of benzene rings is 3. The fraction of sp³-hybridized carbons (Fsp3) is 0.148. The Morgan fingerprint density at radius 3 is 2.52 bits per heavy atom. The van der Waals surface area contributed by atoms with Crippen molar-refractivity contribution in [1.82, 2.24) is 4.98 Å². The Labute approximate surface area is 181 Å². The molecule has 0 radical (unpaired) electrons. The predicted molar refractivity (Wildman–Crippen MR) is 125 cm³/mol. The Bertz CT molecular complexity index is 1330. The summed E-state index contributed by atoms with van der Waals surface area (Å²) in [6.45, 7) is 1.96. The lowest BCUT2D eigenvalue weighted by atomic mass is 9.70. The van der Waals surface area contributed by atoms with E-state index in [1.807, 2.05) is 80.8 Å². The standard InChI is InChI=1S/C27H24N2O2/c1-3-18(19-10-5-9-15-25(19)30)16-27(22-17-28-23-13-7-4-11-20(22)23)21-12-6-8-14-24(21)29(2)26(27)31/h3-15,17,28,30H,16H2,1-2H3/b18-3-/t27-/m1/s1. The molecule has 0 saturated carbocycles. The van der Waals surface area contributed by atoms with Crippen molar-refractivity contribution in [2.45, 2.75) is 18.8 Å². The number of H-pyrrole nitrogens is 1. The summed E-state index contributed by atoms with van der Waals surface area (Å²) in [5.74, 6) is 0.255. The van der Waals surface area contributed by atoms with Gasteiger partial charge < -0.3 is 15.0 Å². The number of para-hydroxylation sites is 3. The molecule has 0 spiro atoms. The zero-order chi connectivity index (χ0) is 21.6. The number of phenolic OH excluding ortho intramolecular Hbond substituents is 1. The van der Waals surface area contributed by atoms with Gasteiger partial charge in [0, 0.05) is 35.4 Å². The predicted octanol–water partition coefficient (Wildman–Crippen LogP) is 5.63. The average Bonchev–Trinajstić information content (AvgIpc) is 3.32. The number of phenols is 1. The van der Waals surface area contributed by atoms with Gasteiger partial charge in [0.05, 0.1) is 0 Å². The number of likely N-dealkylation sites (N-methyl/N-ethyl adjacent to an activating group) is 1. The topological polar surface area (TPSA) is 56.3 Å². The number of nitrogens with one attached hydrogen (secondary N) is 1. The third-order valence-electron chi connectivity index (χ3n) is 6.50. The van der Waals surface area contributed by atoms with Crippen LogP contribution in [0.3, 0.4) is 0 Å². The van der Waals surface area contributed by atoms with Crippen LogP contribution in [0, 0.1) is 0 Å². The highest BCUT2D eigenvalue weighted by atomic mass is 16.3. The molecule has 0 saturated heterocycles. The van der Waals surface area contributed by atoms with Crippen molar-refractivity contribution in [3.05, 3.63) is 102 Å². The van der Waals surface area contributed by atoms with Gasteiger partial charge >= 0.3 is 0 Å². The van der Waals surface area contributed by atoms with Crippen molar-refractivity contribution < 1.29 is 9.90 Å². The molecule has 154 valence electrons. The van der Waals surface area contributed by atoms with Crippen molar-refractivity contribution in [1.29, 1.82) is 0 Å². The molecule has 1 aliphatic rings. The van der Waals surface area contributed by atoms with Gasteiger partial charge in [-0.05, 0) is 48.2 Å². The van der Waals surface area contributed by atoms with Crippen LogP contribution in [0.2, 0.25) is 0 Å². The number of nitrogens with zero attached hydrogens (tertiary/aromatic N) is 1. The molecule has 3 aromatic carbocycles. The van der Waals surface area contributed by atoms with Gasteiger partial charge in [0.2, 0.25) is 5.91 Å². The summed E-state index contributed by atoms with van der Waals surface area (Å²) in [5.41, 5.74) is 4.66. The number of carbonyl (C=O) groups excluding carboxylic acids is 1. The van der Waals surface area contributed by atoms with Gasteiger partial charge in [0.1, 0.15) is 11.2 Å². The van der Waals surface area contributed by atoms with Gasteiger partial charge in [-0.25, -0.2) is 0 Å². The molecule has 2 N–H and O–H groups in total. The van der Waals surface area contributed by atoms with E-state index in [2.05, 4.69) is 17.1 Å². The summed E-state index contributed by atoms with van der Waals surface area (Å²) in [6.07, 6.45) is 4.42. The largest absolute Gasteiger partial charge is 0.507 e. The number of hydrogen-bond donors (Lipinski definition) is 2. The molecule has 4 aromatic rings. The maximum absolute atomic E-state index is 14.0. The van der Waals surface area contributed by atoms with Gasteiger partial charge in [0.15, 0.2) is 0 Å². The third kappa shape index (κ3) is 2.72. The van der Waals surface area contributed by atoms with Crippen molar-refractivity contribution >= 4 is 28.1 Å². The van der Waals surface area contributed by atoms with Crippen LogP contribution in [0.5, 0.6) is 5.75 Å². The molecule has 0 unspecified atom stereocenters. The molecule has 1 atom stereocenters. The van der Waals surface area contributed by atoms with E-state index in [4.69, 9.17) is 0 Å². The minimum absolute atomic E-state index is 0.0354. The number of aromatic amines is 1. The minimum Gasteiger partial charge on any atom is -0.507 e. The van der Waals surface area contributed by atoms with Gasteiger partial charge in [-0.3, -0.25) is 4.79 Å². The van der Waals surface area contributed by atoms with E-state index in [-0.39, 0.29) is 11.7 Å². The highest BCUT2D eigenvalue weighted by Crippen LogP contribution is 2.52. The molecule has 31 heavy (non-hydrogen) atoms. The number of rotatable bonds is 4. The lowest BCUT2D eigenvalue weighted by Crippen LogP contribution is -2.39. The van der Waals surface area contributed by atoms with Crippen LogP contribution >= 0.6 is 0 Å². The summed E-state index contributed by atoms with van der Waals surface area (Å²) in [5, 5.41) is 11.6. The zero-order valence-corrected chi connectivity index (χ0v) is 17.6. The number of hydrogen-bond acceptors (Lipinski definition) is 2. The van der Waals surface area contributed by atoms with Crippen LogP contribution in [0.25, 0.3) is 16.5 Å². The number of allylic oxidation sites excluding steroid dienone is 2. The second-order valence-electron chi connectivity index (χ2n) is 8.04. The molecule has 2 heterocycles. The molecule has 1 aromatic heterocycles. The second-order valence-corrected chi connectivity index (χ2v) is 8.04. The van der Waals surface area contributed by atoms with Crippen molar-refractivity contribution in [2.75, 3.05) is 11.9 Å². The van der Waals surface area contributed by atoms with Crippen LogP contribution in [0.15, 0.2) is 85.1 Å². The Hall–Kier alpha value is -3.79. The Kier molecular flexibility index (Phi) is 4.44. The van der Waals surface area contributed by atoms with E-state index in [9.17, 15) is 9.90 Å². The van der Waals surface area contributed by atoms with Crippen molar-refractivity contribution in [3.63, 3.8) is 0 Å². The van der Waals surface area contributed by atoms with Crippen LogP contribution in [-0.2, 0) is 10.2 Å². The molecule has 0 bridgehead atoms. The molecule has 0 fully saturated rings. The Morgan fingerprint density at radius 2 is 1.71 bits per heavy atom. The summed E-state index contributed by atoms with van der Waals surface area (Å²) in [4.78, 5) is 19.1. The number of fused-ring (bicyclic) bond motifs is 2. The van der Waals surface area contributed by atoms with E-state index in [1.165, 1.54) is 0 Å². The third-order valence-corrected chi connectivity index (χ3v) is 6.50. The molecule has 4 heteroatoms. The summed E-state index contributed by atoms with van der Waals surface area (Å²) in [7, 11) is 1.84. The van der Waals surface area contributed by atoms with Gasteiger partial charge in [-0.1, -0.05) is 60.7 Å². The number of aromatic hydroxyl groups is 1. The highest BCUT2D eigenvalue weighted by Gasteiger charge is 2.52. The van der Waals surface area contributed by atoms with Gasteiger partial charge in [0.25, 0.3) is 0 Å². The lowest BCUT2D eigenvalue weighted by Gasteiger charge is -2.30. The van der Waals surface area contributed by atoms with Gasteiger partial charge in [-0.15, -0.1) is 0 Å². The van der Waals surface area contributed by atoms with Crippen LogP contribution in [-0.4, -0.2) is 23.0 Å². The SMILES string of the molecule is C/C=C(/C[C@@]1(c2c[nH]c3ccccc23)C(=O)N(C)c2ccccc21)c1ccccc1O. The maximum atomic E-state index is 14.0. The molecule has 1 amide bonds. The number of amides is 1. The lowest BCUT2D eigenvalue weighted by molar-refractivity contribution is -0.121. The monoisotopic (exact) mass is 408 g/mol. The van der Waals surface area contributed by atoms with Crippen LogP contribution in [0.1, 0.15) is 30.0 Å². The summed E-state index contributed by atoms with van der Waals surface area (Å²) < 4.78 is 0. The minimum atomic E-state index is -0.894. The molecule has 0 aliphatic carbocycles. The first-order valence-electron chi connectivity index (χ1n) is 10.5. The number of aromatic nitrogens is 1. The molecular formula is C27H24N2O2. The number of anilines is 1. The maximum Gasteiger partial charge on any atom is 0.242 e. The molecule has 5 rings (SSSR count). The van der Waals surface area contributed by atoms with Crippen molar-refractivity contribution in [2.24, 2.45) is 0 Å². The normalized spacial score (nSPS) is 18.6. The fourth-order valence-electron chi connectivity index (χ4n) is 4.97. The smallest absolute Gasteiger partial charge is 0.242 e. The second kappa shape index (κ2) is 7.17. The average molecular weight is 409 g/mol. The Balaban J connectivity index is 1.80. The Morgan fingerprint density at radius 1 is 1.00 bits per heavy atom. The number of carbonyl (C=O) groups is 1. The summed E-state index contributed by atoms with van der Waals surface area (Å²) >= 11 is 0. The van der Waals surface area contributed by atoms with Crippen LogP contribution in [0.4, 0.5) is 5.69 Å². The van der Waals surface area contributed by atoms with Crippen molar-refractivity contribution in [3.8, 4) is 5.75 Å². The van der Waals surface area contributed by atoms with E-state index in [0.29, 0.717) is 6.42 Å². The first kappa shape index (κ1) is 19.2. The zero-order valence-electron chi connectivity index (χ0n) is 17.6. The quantitative estimate of drug-likeness (QED) is 0.460. The van der Waals surface area contributed by atoms with E-state index in [1.54, 1.807) is 11.0 Å². The van der Waals surface area contributed by atoms with Crippen LogP contribution < -0.4 is 4.90 Å². The van der Waals surface area contributed by atoms with E-state index < -0.39 is 5.41 Å². The molecule has 1 aliphatic heterocycles. The summed E-state index contributed by atoms with van der Waals surface area (Å²) in [6, 6.07) is 23.4. The highest BCUT2D eigenvalue weighted by molar-refractivity contribution is 6.13.